The molecule has 1 N–H and O–H groups in total. The van der Waals surface area contributed by atoms with Crippen LogP contribution in [0.4, 0.5) is 0 Å². The zero-order chi connectivity index (χ0) is 14.8. The minimum Gasteiger partial charge on any atom is -0.475 e. The van der Waals surface area contributed by atoms with E-state index >= 15 is 0 Å². The number of carbonyl (C=O) groups is 1. The van der Waals surface area contributed by atoms with Crippen molar-refractivity contribution in [1.29, 1.82) is 0 Å². The van der Waals surface area contributed by atoms with E-state index in [0.29, 0.717) is 5.92 Å². The summed E-state index contributed by atoms with van der Waals surface area (Å²) < 4.78 is 1.69. The maximum Gasteiger partial charge on any atom is 0.375 e. The van der Waals surface area contributed by atoms with Gasteiger partial charge in [0.1, 0.15) is 5.82 Å². The highest BCUT2D eigenvalue weighted by molar-refractivity contribution is 5.83. The molecular formula is C16H19N3O2. The summed E-state index contributed by atoms with van der Waals surface area (Å²) in [6, 6.07) is 8.17. The Bertz CT molecular complexity index is 642. The van der Waals surface area contributed by atoms with Crippen molar-refractivity contribution >= 4 is 5.97 Å². The Balaban J connectivity index is 1.90. The highest BCUT2D eigenvalue weighted by Gasteiger charge is 2.31. The summed E-state index contributed by atoms with van der Waals surface area (Å²) in [5.41, 5.74) is 2.18. The van der Waals surface area contributed by atoms with Crippen LogP contribution in [0.25, 0.3) is 5.69 Å². The molecule has 0 spiro atoms. The molecule has 5 nitrogen and oxygen atoms in total. The zero-order valence-corrected chi connectivity index (χ0v) is 12.1. The van der Waals surface area contributed by atoms with E-state index < -0.39 is 5.97 Å². The van der Waals surface area contributed by atoms with Gasteiger partial charge in [0.05, 0.1) is 5.69 Å². The summed E-state index contributed by atoms with van der Waals surface area (Å²) in [6.45, 7) is 2.18. The fourth-order valence-corrected chi connectivity index (χ4v) is 2.40. The summed E-state index contributed by atoms with van der Waals surface area (Å²) in [4.78, 5) is 15.2. The van der Waals surface area contributed by atoms with Crippen LogP contribution >= 0.6 is 0 Å². The molecule has 1 aliphatic carbocycles. The minimum atomic E-state index is -1.07. The SMILES string of the molecule is CCCCc1ccc(-n2nc(C(=O)O)nc2C2CC2)cc1. The lowest BCUT2D eigenvalue weighted by Gasteiger charge is -2.06. The first kappa shape index (κ1) is 13.8. The van der Waals surface area contributed by atoms with Gasteiger partial charge in [0.2, 0.25) is 0 Å². The molecule has 0 aliphatic heterocycles. The van der Waals surface area contributed by atoms with Crippen LogP contribution in [0.5, 0.6) is 0 Å². The Hall–Kier alpha value is -2.17. The lowest BCUT2D eigenvalue weighted by molar-refractivity contribution is 0.0683. The molecule has 0 bridgehead atoms. The number of rotatable bonds is 6. The number of aromatic carboxylic acids is 1. The molecule has 0 radical (unpaired) electrons. The first-order chi connectivity index (χ1) is 10.2. The third-order valence-electron chi connectivity index (χ3n) is 3.77. The highest BCUT2D eigenvalue weighted by Crippen LogP contribution is 2.39. The molecule has 21 heavy (non-hydrogen) atoms. The average Bonchev–Trinajstić information content (AvgIpc) is 3.24. The molecule has 1 aromatic carbocycles. The number of carboxylic acids is 1. The van der Waals surface area contributed by atoms with E-state index in [4.69, 9.17) is 5.11 Å². The molecule has 5 heteroatoms. The van der Waals surface area contributed by atoms with Gasteiger partial charge in [0.15, 0.2) is 0 Å². The fourth-order valence-electron chi connectivity index (χ4n) is 2.40. The molecule has 1 aromatic heterocycles. The number of benzene rings is 1. The molecule has 0 amide bonds. The number of unbranched alkanes of at least 4 members (excludes halogenated alkanes) is 1. The predicted molar refractivity (Wildman–Crippen MR) is 78.9 cm³/mol. The van der Waals surface area contributed by atoms with E-state index in [-0.39, 0.29) is 5.82 Å². The summed E-state index contributed by atoms with van der Waals surface area (Å²) in [7, 11) is 0. The van der Waals surface area contributed by atoms with Gasteiger partial charge in [-0.25, -0.2) is 14.5 Å². The van der Waals surface area contributed by atoms with Crippen LogP contribution in [0.15, 0.2) is 24.3 Å². The van der Waals surface area contributed by atoms with Gasteiger partial charge in [0, 0.05) is 5.92 Å². The number of carboxylic acid groups (broad SMARTS) is 1. The van der Waals surface area contributed by atoms with Gasteiger partial charge < -0.3 is 5.11 Å². The van der Waals surface area contributed by atoms with Crippen LogP contribution in [0.3, 0.4) is 0 Å². The molecule has 0 atom stereocenters. The standard InChI is InChI=1S/C16H19N3O2/c1-2-3-4-11-5-9-13(10-6-11)19-15(12-7-8-12)17-14(18-19)16(20)21/h5-6,9-10,12H,2-4,7-8H2,1H3,(H,20,21). The van der Waals surface area contributed by atoms with Gasteiger partial charge >= 0.3 is 5.97 Å². The Morgan fingerprint density at radius 3 is 2.62 bits per heavy atom. The quantitative estimate of drug-likeness (QED) is 0.885. The average molecular weight is 285 g/mol. The monoisotopic (exact) mass is 285 g/mol. The lowest BCUT2D eigenvalue weighted by Crippen LogP contribution is -2.03. The first-order valence-corrected chi connectivity index (χ1v) is 7.48. The molecule has 1 heterocycles. The Labute approximate surface area is 123 Å². The van der Waals surface area contributed by atoms with Crippen molar-refractivity contribution in [2.75, 3.05) is 0 Å². The summed E-state index contributed by atoms with van der Waals surface area (Å²) >= 11 is 0. The van der Waals surface area contributed by atoms with Crippen molar-refractivity contribution in [2.45, 2.75) is 44.9 Å². The zero-order valence-electron chi connectivity index (χ0n) is 12.1. The molecular weight excluding hydrogens is 266 g/mol. The van der Waals surface area contributed by atoms with Crippen molar-refractivity contribution in [3.63, 3.8) is 0 Å². The van der Waals surface area contributed by atoms with Crippen LogP contribution in [-0.2, 0) is 6.42 Å². The van der Waals surface area contributed by atoms with E-state index in [1.807, 2.05) is 12.1 Å². The van der Waals surface area contributed by atoms with Crippen LogP contribution in [-0.4, -0.2) is 25.8 Å². The van der Waals surface area contributed by atoms with E-state index in [0.717, 1.165) is 30.8 Å². The number of aromatic nitrogens is 3. The van der Waals surface area contributed by atoms with E-state index in [1.54, 1.807) is 4.68 Å². The molecule has 1 aliphatic rings. The molecule has 3 rings (SSSR count). The molecule has 110 valence electrons. The molecule has 1 saturated carbocycles. The number of hydrogen-bond donors (Lipinski definition) is 1. The van der Waals surface area contributed by atoms with Crippen LogP contribution in [0.1, 0.15) is 60.5 Å². The van der Waals surface area contributed by atoms with E-state index in [1.165, 1.54) is 18.4 Å². The normalized spacial score (nSPS) is 14.3. The third kappa shape index (κ3) is 2.96. The minimum absolute atomic E-state index is 0.119. The van der Waals surface area contributed by atoms with E-state index in [9.17, 15) is 4.79 Å². The topological polar surface area (TPSA) is 68.0 Å². The van der Waals surface area contributed by atoms with Crippen molar-refractivity contribution < 1.29 is 9.90 Å². The van der Waals surface area contributed by atoms with Crippen molar-refractivity contribution in [1.82, 2.24) is 14.8 Å². The van der Waals surface area contributed by atoms with Gasteiger partial charge in [0.25, 0.3) is 5.82 Å². The largest absolute Gasteiger partial charge is 0.475 e. The van der Waals surface area contributed by atoms with Crippen molar-refractivity contribution in [3.8, 4) is 5.69 Å². The van der Waals surface area contributed by atoms with Gasteiger partial charge in [-0.05, 0) is 43.4 Å². The Morgan fingerprint density at radius 2 is 2.05 bits per heavy atom. The number of nitrogens with zero attached hydrogens (tertiary/aromatic N) is 3. The Morgan fingerprint density at radius 1 is 1.33 bits per heavy atom. The highest BCUT2D eigenvalue weighted by atomic mass is 16.4. The van der Waals surface area contributed by atoms with Gasteiger partial charge in [-0.1, -0.05) is 25.5 Å². The second-order valence-electron chi connectivity index (χ2n) is 5.55. The van der Waals surface area contributed by atoms with E-state index in [2.05, 4.69) is 29.1 Å². The molecule has 0 saturated heterocycles. The molecule has 1 fully saturated rings. The summed E-state index contributed by atoms with van der Waals surface area (Å²) in [5.74, 6) is -0.0683. The predicted octanol–water partition coefficient (Wildman–Crippen LogP) is 3.19. The second-order valence-corrected chi connectivity index (χ2v) is 5.55. The van der Waals surface area contributed by atoms with Gasteiger partial charge in [-0.2, -0.15) is 0 Å². The number of hydrogen-bond acceptors (Lipinski definition) is 3. The molecule has 0 unspecified atom stereocenters. The first-order valence-electron chi connectivity index (χ1n) is 7.48. The van der Waals surface area contributed by atoms with Crippen LogP contribution < -0.4 is 0 Å². The number of aryl methyl sites for hydroxylation is 1. The third-order valence-corrected chi connectivity index (χ3v) is 3.77. The fraction of sp³-hybridized carbons (Fsp3) is 0.438. The van der Waals surface area contributed by atoms with Crippen molar-refractivity contribution in [3.05, 3.63) is 41.5 Å². The molecule has 2 aromatic rings. The maximum absolute atomic E-state index is 11.1. The van der Waals surface area contributed by atoms with Crippen molar-refractivity contribution in [2.24, 2.45) is 0 Å². The summed E-state index contributed by atoms with van der Waals surface area (Å²) in [5, 5.41) is 13.2. The van der Waals surface area contributed by atoms with Crippen LogP contribution in [0, 0.1) is 0 Å². The Kier molecular flexibility index (Phi) is 3.73. The van der Waals surface area contributed by atoms with Gasteiger partial charge in [-0.3, -0.25) is 0 Å². The van der Waals surface area contributed by atoms with Crippen LogP contribution in [0.2, 0.25) is 0 Å². The second kappa shape index (κ2) is 5.68. The summed E-state index contributed by atoms with van der Waals surface area (Å²) in [6.07, 6.45) is 5.56. The smallest absolute Gasteiger partial charge is 0.375 e. The van der Waals surface area contributed by atoms with Gasteiger partial charge in [-0.15, -0.1) is 5.10 Å². The lowest BCUT2D eigenvalue weighted by atomic mass is 10.1. The maximum atomic E-state index is 11.1.